The number of morpholine rings is 1. The Bertz CT molecular complexity index is 491. The monoisotopic (exact) mass is 277 g/mol. The van der Waals surface area contributed by atoms with E-state index < -0.39 is 0 Å². The second kappa shape index (κ2) is 5.64. The number of nitrogens with one attached hydrogen (secondary N) is 2. The number of carbonyl (C=O) groups excluding carboxylic acids is 1. The Balaban J connectivity index is 1.77. The molecule has 20 heavy (non-hydrogen) atoms. The van der Waals surface area contributed by atoms with E-state index in [4.69, 9.17) is 10.6 Å². The predicted molar refractivity (Wildman–Crippen MR) is 75.2 cm³/mol. The molecule has 108 valence electrons. The molecule has 0 radical (unpaired) electrons. The van der Waals surface area contributed by atoms with Crippen LogP contribution in [0.4, 0.5) is 11.5 Å². The number of nitrogens with two attached hydrogens (primary N) is 1. The highest BCUT2D eigenvalue weighted by Gasteiger charge is 2.33. The van der Waals surface area contributed by atoms with Gasteiger partial charge in [-0.2, -0.15) is 0 Å². The van der Waals surface area contributed by atoms with Gasteiger partial charge in [0.2, 0.25) is 5.91 Å². The average Bonchev–Trinajstić information content (AvgIpc) is 3.31. The summed E-state index contributed by atoms with van der Waals surface area (Å²) >= 11 is 0. The lowest BCUT2D eigenvalue weighted by atomic mass is 10.2. The highest BCUT2D eigenvalue weighted by molar-refractivity contribution is 5.86. The van der Waals surface area contributed by atoms with Gasteiger partial charge in [-0.05, 0) is 18.9 Å². The number of hydrogen-bond donors (Lipinski definition) is 3. The van der Waals surface area contributed by atoms with Crippen molar-refractivity contribution < 1.29 is 9.53 Å². The number of pyridine rings is 1. The van der Waals surface area contributed by atoms with Crippen LogP contribution in [-0.4, -0.2) is 42.7 Å². The van der Waals surface area contributed by atoms with Gasteiger partial charge in [-0.3, -0.25) is 4.79 Å². The maximum atomic E-state index is 12.3. The predicted octanol–water partition coefficient (Wildman–Crippen LogP) is -0.149. The molecule has 7 heteroatoms. The number of nitrogen functional groups attached to an aromatic ring is 1. The molecule has 2 aliphatic rings. The molecule has 0 aromatic carbocycles. The Kier molecular flexibility index (Phi) is 3.70. The van der Waals surface area contributed by atoms with Crippen molar-refractivity contribution in [2.75, 3.05) is 30.1 Å². The van der Waals surface area contributed by atoms with Gasteiger partial charge in [0, 0.05) is 30.5 Å². The van der Waals surface area contributed by atoms with E-state index in [-0.39, 0.29) is 11.9 Å². The largest absolute Gasteiger partial charge is 0.377 e. The molecule has 2 fully saturated rings. The number of anilines is 2. The van der Waals surface area contributed by atoms with Gasteiger partial charge in [-0.25, -0.2) is 10.8 Å². The number of aromatic nitrogens is 1. The molecule has 1 aliphatic carbocycles. The van der Waals surface area contributed by atoms with E-state index in [1.165, 1.54) is 0 Å². The number of hydrazine groups is 1. The fourth-order valence-electron chi connectivity index (χ4n) is 2.33. The van der Waals surface area contributed by atoms with E-state index in [9.17, 15) is 4.79 Å². The van der Waals surface area contributed by atoms with Gasteiger partial charge >= 0.3 is 0 Å². The molecule has 1 aromatic heterocycles. The zero-order valence-electron chi connectivity index (χ0n) is 11.2. The summed E-state index contributed by atoms with van der Waals surface area (Å²) < 4.78 is 5.46. The molecule has 3 rings (SSSR count). The fourth-order valence-corrected chi connectivity index (χ4v) is 2.33. The van der Waals surface area contributed by atoms with E-state index in [2.05, 4.69) is 15.7 Å². The minimum atomic E-state index is -0.294. The Hall–Kier alpha value is -1.86. The molecule has 1 atom stereocenters. The van der Waals surface area contributed by atoms with Crippen molar-refractivity contribution in [2.45, 2.75) is 24.9 Å². The lowest BCUT2D eigenvalue weighted by Crippen LogP contribution is -2.54. The van der Waals surface area contributed by atoms with Crippen LogP contribution >= 0.6 is 0 Å². The standard InChI is InChI=1S/C13H19N5O2/c14-17-12-7-10(3-4-15-12)18-5-6-20-8-11(18)13(19)16-9-1-2-9/h3-4,7,9,11H,1-2,5-6,8,14H2,(H,15,17)(H,16,19). The normalized spacial score (nSPS) is 22.4. The molecule has 1 aromatic rings. The zero-order valence-corrected chi connectivity index (χ0v) is 11.2. The average molecular weight is 277 g/mol. The van der Waals surface area contributed by atoms with E-state index in [0.29, 0.717) is 31.6 Å². The summed E-state index contributed by atoms with van der Waals surface area (Å²) in [6, 6.07) is 3.77. The van der Waals surface area contributed by atoms with E-state index >= 15 is 0 Å². The van der Waals surface area contributed by atoms with Gasteiger partial charge in [0.15, 0.2) is 0 Å². The second-order valence-corrected chi connectivity index (χ2v) is 5.11. The minimum absolute atomic E-state index is 0.0336. The summed E-state index contributed by atoms with van der Waals surface area (Å²) in [6.07, 6.45) is 3.83. The molecule has 1 amide bonds. The molecular weight excluding hydrogens is 258 g/mol. The first-order valence-electron chi connectivity index (χ1n) is 6.85. The summed E-state index contributed by atoms with van der Waals surface area (Å²) in [7, 11) is 0. The summed E-state index contributed by atoms with van der Waals surface area (Å²) in [6.45, 7) is 1.70. The molecule has 7 nitrogen and oxygen atoms in total. The molecule has 1 aliphatic heterocycles. The van der Waals surface area contributed by atoms with Crippen LogP contribution in [0, 0.1) is 0 Å². The first kappa shape index (κ1) is 13.1. The van der Waals surface area contributed by atoms with E-state index in [1.807, 2.05) is 17.0 Å². The molecule has 1 saturated heterocycles. The Morgan fingerprint density at radius 3 is 3.10 bits per heavy atom. The number of ether oxygens (including phenoxy) is 1. The van der Waals surface area contributed by atoms with Crippen LogP contribution in [0.5, 0.6) is 0 Å². The van der Waals surface area contributed by atoms with E-state index in [1.54, 1.807) is 6.20 Å². The maximum Gasteiger partial charge on any atom is 0.245 e. The van der Waals surface area contributed by atoms with E-state index in [0.717, 1.165) is 18.5 Å². The number of carbonyl (C=O) groups is 1. The van der Waals surface area contributed by atoms with Crippen LogP contribution in [0.25, 0.3) is 0 Å². The zero-order chi connectivity index (χ0) is 13.9. The minimum Gasteiger partial charge on any atom is -0.377 e. The SMILES string of the molecule is NNc1cc(N2CCOCC2C(=O)NC2CC2)ccn1. The number of hydrogen-bond acceptors (Lipinski definition) is 6. The molecule has 4 N–H and O–H groups in total. The summed E-state index contributed by atoms with van der Waals surface area (Å²) in [5.41, 5.74) is 3.45. The van der Waals surface area contributed by atoms with Gasteiger partial charge in [-0.15, -0.1) is 0 Å². The third-order valence-electron chi connectivity index (χ3n) is 3.58. The Labute approximate surface area is 117 Å². The van der Waals surface area contributed by atoms with Gasteiger partial charge in [0.25, 0.3) is 0 Å². The van der Waals surface area contributed by atoms with Gasteiger partial charge in [-0.1, -0.05) is 0 Å². The summed E-state index contributed by atoms with van der Waals surface area (Å²) in [5, 5.41) is 3.04. The number of amides is 1. The van der Waals surface area contributed by atoms with Gasteiger partial charge < -0.3 is 20.4 Å². The quantitative estimate of drug-likeness (QED) is 0.523. The van der Waals surface area contributed by atoms with Crippen molar-refractivity contribution in [1.29, 1.82) is 0 Å². The number of nitrogens with zero attached hydrogens (tertiary/aromatic N) is 2. The third-order valence-corrected chi connectivity index (χ3v) is 3.58. The van der Waals surface area contributed by atoms with Crippen molar-refractivity contribution >= 4 is 17.4 Å². The molecule has 0 bridgehead atoms. The molecular formula is C13H19N5O2. The molecule has 0 spiro atoms. The van der Waals surface area contributed by atoms with Crippen LogP contribution in [0.1, 0.15) is 12.8 Å². The second-order valence-electron chi connectivity index (χ2n) is 5.11. The van der Waals surface area contributed by atoms with Crippen LogP contribution < -0.4 is 21.5 Å². The van der Waals surface area contributed by atoms with Gasteiger partial charge in [0.05, 0.1) is 13.2 Å². The highest BCUT2D eigenvalue weighted by Crippen LogP contribution is 2.23. The first-order chi connectivity index (χ1) is 9.78. The van der Waals surface area contributed by atoms with Crippen LogP contribution in [-0.2, 0) is 9.53 Å². The molecule has 1 saturated carbocycles. The smallest absolute Gasteiger partial charge is 0.245 e. The third kappa shape index (κ3) is 2.83. The topological polar surface area (TPSA) is 92.5 Å². The maximum absolute atomic E-state index is 12.3. The van der Waals surface area contributed by atoms with Crippen LogP contribution in [0.3, 0.4) is 0 Å². The van der Waals surface area contributed by atoms with Crippen molar-refractivity contribution in [3.63, 3.8) is 0 Å². The lowest BCUT2D eigenvalue weighted by Gasteiger charge is -2.36. The summed E-state index contributed by atoms with van der Waals surface area (Å²) in [5.74, 6) is 5.99. The van der Waals surface area contributed by atoms with Crippen molar-refractivity contribution in [1.82, 2.24) is 10.3 Å². The summed E-state index contributed by atoms with van der Waals surface area (Å²) in [4.78, 5) is 18.4. The number of rotatable bonds is 4. The fraction of sp³-hybridized carbons (Fsp3) is 0.538. The Morgan fingerprint density at radius 1 is 1.50 bits per heavy atom. The van der Waals surface area contributed by atoms with Crippen molar-refractivity contribution in [3.8, 4) is 0 Å². The molecule has 1 unspecified atom stereocenters. The van der Waals surface area contributed by atoms with Crippen molar-refractivity contribution in [2.24, 2.45) is 5.84 Å². The molecule has 2 heterocycles. The lowest BCUT2D eigenvalue weighted by molar-refractivity contribution is -0.124. The van der Waals surface area contributed by atoms with Crippen LogP contribution in [0.15, 0.2) is 18.3 Å². The van der Waals surface area contributed by atoms with Gasteiger partial charge in [0.1, 0.15) is 11.9 Å². The van der Waals surface area contributed by atoms with Crippen LogP contribution in [0.2, 0.25) is 0 Å². The van der Waals surface area contributed by atoms with Crippen molar-refractivity contribution in [3.05, 3.63) is 18.3 Å². The highest BCUT2D eigenvalue weighted by atomic mass is 16.5. The Morgan fingerprint density at radius 2 is 2.35 bits per heavy atom. The first-order valence-corrected chi connectivity index (χ1v) is 6.85.